The third kappa shape index (κ3) is 2.94. The molecular weight excluding hydrogens is 176 g/mol. The molecule has 3 nitrogen and oxygen atoms in total. The molecule has 1 aliphatic heterocycles. The monoisotopic (exact) mass is 198 g/mol. The summed E-state index contributed by atoms with van der Waals surface area (Å²) >= 11 is 0. The lowest BCUT2D eigenvalue weighted by Crippen LogP contribution is -2.30. The van der Waals surface area contributed by atoms with Gasteiger partial charge in [-0.2, -0.15) is 0 Å². The van der Waals surface area contributed by atoms with E-state index in [0.29, 0.717) is 18.2 Å². The Kier molecular flexibility index (Phi) is 3.79. The molecule has 1 saturated carbocycles. The van der Waals surface area contributed by atoms with Gasteiger partial charge in [-0.25, -0.2) is 0 Å². The summed E-state index contributed by atoms with van der Waals surface area (Å²) in [5.74, 6) is 0. The van der Waals surface area contributed by atoms with Gasteiger partial charge < -0.3 is 15.8 Å². The normalized spacial score (nSPS) is 37.9. The van der Waals surface area contributed by atoms with Gasteiger partial charge >= 0.3 is 0 Å². The minimum absolute atomic E-state index is 0.440. The topological polar surface area (TPSA) is 47.3 Å². The van der Waals surface area contributed by atoms with Crippen LogP contribution in [0.4, 0.5) is 0 Å². The summed E-state index contributed by atoms with van der Waals surface area (Å²) in [7, 11) is 0. The van der Waals surface area contributed by atoms with E-state index in [1.165, 1.54) is 32.1 Å². The van der Waals surface area contributed by atoms with Crippen molar-refractivity contribution < 1.29 is 4.74 Å². The van der Waals surface area contributed by atoms with Crippen molar-refractivity contribution in [2.75, 3.05) is 13.2 Å². The first-order valence-electron chi connectivity index (χ1n) is 5.95. The SMILES string of the molecule is NC1CCC(NCCC2CCCO2)C1. The maximum absolute atomic E-state index is 5.85. The highest BCUT2D eigenvalue weighted by atomic mass is 16.5. The number of nitrogens with two attached hydrogens (primary N) is 1. The number of nitrogens with one attached hydrogen (secondary N) is 1. The van der Waals surface area contributed by atoms with Crippen LogP contribution >= 0.6 is 0 Å². The van der Waals surface area contributed by atoms with Gasteiger partial charge in [-0.3, -0.25) is 0 Å². The average molecular weight is 198 g/mol. The molecule has 2 aliphatic rings. The van der Waals surface area contributed by atoms with Crippen molar-refractivity contribution in [1.29, 1.82) is 0 Å². The van der Waals surface area contributed by atoms with Gasteiger partial charge in [0.15, 0.2) is 0 Å². The highest BCUT2D eigenvalue weighted by molar-refractivity contribution is 4.82. The first-order valence-corrected chi connectivity index (χ1v) is 5.95. The smallest absolute Gasteiger partial charge is 0.0588 e. The molecule has 3 atom stereocenters. The molecule has 0 aromatic heterocycles. The first-order chi connectivity index (χ1) is 6.84. The van der Waals surface area contributed by atoms with Crippen LogP contribution in [0.5, 0.6) is 0 Å². The molecule has 0 aromatic carbocycles. The fourth-order valence-corrected chi connectivity index (χ4v) is 2.52. The number of hydrogen-bond donors (Lipinski definition) is 2. The van der Waals surface area contributed by atoms with Gasteiger partial charge in [0, 0.05) is 18.7 Å². The standard InChI is InChI=1S/C11H22N2O/c12-9-3-4-10(8-9)13-6-5-11-2-1-7-14-11/h9-11,13H,1-8,12H2. The van der Waals surface area contributed by atoms with Crippen LogP contribution < -0.4 is 11.1 Å². The molecule has 1 aliphatic carbocycles. The molecule has 1 saturated heterocycles. The molecule has 2 rings (SSSR count). The fourth-order valence-electron chi connectivity index (χ4n) is 2.52. The van der Waals surface area contributed by atoms with Crippen LogP contribution in [0.1, 0.15) is 38.5 Å². The summed E-state index contributed by atoms with van der Waals surface area (Å²) in [4.78, 5) is 0. The van der Waals surface area contributed by atoms with Crippen LogP contribution in [0.25, 0.3) is 0 Å². The van der Waals surface area contributed by atoms with Crippen molar-refractivity contribution >= 4 is 0 Å². The van der Waals surface area contributed by atoms with Crippen LogP contribution in [-0.4, -0.2) is 31.3 Å². The Bertz CT molecular complexity index is 169. The molecule has 0 radical (unpaired) electrons. The van der Waals surface area contributed by atoms with E-state index in [9.17, 15) is 0 Å². The largest absolute Gasteiger partial charge is 0.378 e. The zero-order valence-corrected chi connectivity index (χ0v) is 8.87. The van der Waals surface area contributed by atoms with Crippen molar-refractivity contribution in [3.05, 3.63) is 0 Å². The molecule has 3 heteroatoms. The van der Waals surface area contributed by atoms with E-state index < -0.39 is 0 Å². The summed E-state index contributed by atoms with van der Waals surface area (Å²) in [5, 5.41) is 3.58. The van der Waals surface area contributed by atoms with E-state index in [4.69, 9.17) is 10.5 Å². The van der Waals surface area contributed by atoms with Gasteiger partial charge in [0.05, 0.1) is 6.10 Å². The molecule has 2 fully saturated rings. The van der Waals surface area contributed by atoms with E-state index in [1.54, 1.807) is 0 Å². The Balaban J connectivity index is 1.54. The molecule has 0 spiro atoms. The van der Waals surface area contributed by atoms with Crippen LogP contribution in [0, 0.1) is 0 Å². The fraction of sp³-hybridized carbons (Fsp3) is 1.00. The van der Waals surface area contributed by atoms with Crippen molar-refractivity contribution in [2.45, 2.75) is 56.7 Å². The second-order valence-electron chi connectivity index (χ2n) is 4.65. The molecule has 1 heterocycles. The Labute approximate surface area is 86.4 Å². The average Bonchev–Trinajstić information content (AvgIpc) is 2.77. The van der Waals surface area contributed by atoms with Gasteiger partial charge in [0.1, 0.15) is 0 Å². The predicted molar refractivity (Wildman–Crippen MR) is 57.2 cm³/mol. The molecular formula is C11H22N2O. The summed E-state index contributed by atoms with van der Waals surface area (Å²) in [6, 6.07) is 1.11. The van der Waals surface area contributed by atoms with Crippen LogP contribution in [0.2, 0.25) is 0 Å². The number of ether oxygens (including phenoxy) is 1. The quantitative estimate of drug-likeness (QED) is 0.709. The Hall–Kier alpha value is -0.120. The highest BCUT2D eigenvalue weighted by Gasteiger charge is 2.21. The molecule has 0 aromatic rings. The molecule has 82 valence electrons. The molecule has 3 N–H and O–H groups in total. The van der Waals surface area contributed by atoms with Crippen molar-refractivity contribution in [3.8, 4) is 0 Å². The lowest BCUT2D eigenvalue weighted by atomic mass is 10.1. The van der Waals surface area contributed by atoms with E-state index in [1.807, 2.05) is 0 Å². The van der Waals surface area contributed by atoms with E-state index in [2.05, 4.69) is 5.32 Å². The zero-order valence-electron chi connectivity index (χ0n) is 8.87. The molecule has 0 bridgehead atoms. The Morgan fingerprint density at radius 2 is 2.21 bits per heavy atom. The van der Waals surface area contributed by atoms with Gasteiger partial charge in [-0.15, -0.1) is 0 Å². The number of rotatable bonds is 4. The highest BCUT2D eigenvalue weighted by Crippen LogP contribution is 2.18. The lowest BCUT2D eigenvalue weighted by Gasteiger charge is -2.14. The molecule has 3 unspecified atom stereocenters. The summed E-state index contributed by atoms with van der Waals surface area (Å²) in [6.07, 6.45) is 7.81. The summed E-state index contributed by atoms with van der Waals surface area (Å²) in [6.45, 7) is 2.07. The lowest BCUT2D eigenvalue weighted by molar-refractivity contribution is 0.103. The van der Waals surface area contributed by atoms with Crippen LogP contribution in [0.15, 0.2) is 0 Å². The minimum atomic E-state index is 0.440. The van der Waals surface area contributed by atoms with Gasteiger partial charge in [-0.05, 0) is 45.1 Å². The van der Waals surface area contributed by atoms with Crippen LogP contribution in [-0.2, 0) is 4.74 Å². The van der Waals surface area contributed by atoms with E-state index >= 15 is 0 Å². The van der Waals surface area contributed by atoms with Gasteiger partial charge in [-0.1, -0.05) is 0 Å². The summed E-state index contributed by atoms with van der Waals surface area (Å²) in [5.41, 5.74) is 5.85. The molecule has 14 heavy (non-hydrogen) atoms. The van der Waals surface area contributed by atoms with E-state index in [-0.39, 0.29) is 0 Å². The van der Waals surface area contributed by atoms with Crippen molar-refractivity contribution in [3.63, 3.8) is 0 Å². The third-order valence-corrected chi connectivity index (χ3v) is 3.40. The zero-order chi connectivity index (χ0) is 9.80. The van der Waals surface area contributed by atoms with Gasteiger partial charge in [0.2, 0.25) is 0 Å². The van der Waals surface area contributed by atoms with E-state index in [0.717, 1.165) is 19.6 Å². The second-order valence-corrected chi connectivity index (χ2v) is 4.65. The van der Waals surface area contributed by atoms with Gasteiger partial charge in [0.25, 0.3) is 0 Å². The van der Waals surface area contributed by atoms with Crippen molar-refractivity contribution in [2.24, 2.45) is 5.73 Å². The first kappa shape index (κ1) is 10.4. The Morgan fingerprint density at radius 3 is 2.86 bits per heavy atom. The van der Waals surface area contributed by atoms with Crippen molar-refractivity contribution in [1.82, 2.24) is 5.32 Å². The predicted octanol–water partition coefficient (Wildman–Crippen LogP) is 1.02. The van der Waals surface area contributed by atoms with Crippen LogP contribution in [0.3, 0.4) is 0 Å². The maximum atomic E-state index is 5.85. The maximum Gasteiger partial charge on any atom is 0.0588 e. The summed E-state index contributed by atoms with van der Waals surface area (Å²) < 4.78 is 5.57. The minimum Gasteiger partial charge on any atom is -0.378 e. The Morgan fingerprint density at radius 1 is 1.29 bits per heavy atom. The third-order valence-electron chi connectivity index (χ3n) is 3.40. The molecule has 0 amide bonds. The number of hydrogen-bond acceptors (Lipinski definition) is 3. The second kappa shape index (κ2) is 5.10.